The molecule has 4 nitrogen and oxygen atoms in total. The molecule has 0 fully saturated rings. The Bertz CT molecular complexity index is 570. The number of anilines is 1. The van der Waals surface area contributed by atoms with Crippen molar-refractivity contribution in [1.29, 1.82) is 0 Å². The summed E-state index contributed by atoms with van der Waals surface area (Å²) in [5.41, 5.74) is 1.78. The fraction of sp³-hybridized carbons (Fsp3) is 0.143. The van der Waals surface area contributed by atoms with Crippen LogP contribution in [0.3, 0.4) is 0 Å². The van der Waals surface area contributed by atoms with Gasteiger partial charge in [-0.05, 0) is 31.2 Å². The van der Waals surface area contributed by atoms with Gasteiger partial charge in [-0.2, -0.15) is 4.39 Å². The van der Waals surface area contributed by atoms with E-state index in [4.69, 9.17) is 4.74 Å². The SMILES string of the molecule is Cc1ccc(NC(=O)COc2cccnc2F)cc1. The molecular formula is C14H13FN2O2. The van der Waals surface area contributed by atoms with Crippen molar-refractivity contribution in [3.05, 3.63) is 54.1 Å². The van der Waals surface area contributed by atoms with Crippen molar-refractivity contribution in [3.63, 3.8) is 0 Å². The summed E-state index contributed by atoms with van der Waals surface area (Å²) in [6.07, 6.45) is 1.31. The van der Waals surface area contributed by atoms with E-state index < -0.39 is 5.95 Å². The molecule has 1 aromatic heterocycles. The van der Waals surface area contributed by atoms with E-state index in [9.17, 15) is 9.18 Å². The van der Waals surface area contributed by atoms with E-state index in [1.807, 2.05) is 19.1 Å². The lowest BCUT2D eigenvalue weighted by molar-refractivity contribution is -0.118. The standard InChI is InChI=1S/C14H13FN2O2/c1-10-4-6-11(7-5-10)17-13(18)9-19-12-3-2-8-16-14(12)15/h2-8H,9H2,1H3,(H,17,18). The van der Waals surface area contributed by atoms with Gasteiger partial charge in [0.15, 0.2) is 12.4 Å². The number of benzene rings is 1. The quantitative estimate of drug-likeness (QED) is 0.859. The predicted octanol–water partition coefficient (Wildman–Crippen LogP) is 2.55. The topological polar surface area (TPSA) is 51.2 Å². The van der Waals surface area contributed by atoms with E-state index in [1.54, 1.807) is 12.1 Å². The molecule has 0 spiro atoms. The van der Waals surface area contributed by atoms with E-state index in [-0.39, 0.29) is 18.3 Å². The first-order valence-corrected chi connectivity index (χ1v) is 5.75. The molecule has 1 aromatic carbocycles. The van der Waals surface area contributed by atoms with Crippen molar-refractivity contribution in [1.82, 2.24) is 4.98 Å². The minimum Gasteiger partial charge on any atom is -0.479 e. The van der Waals surface area contributed by atoms with Crippen LogP contribution in [0.1, 0.15) is 5.56 Å². The van der Waals surface area contributed by atoms with Gasteiger partial charge < -0.3 is 10.1 Å². The Balaban J connectivity index is 1.88. The number of carbonyl (C=O) groups excluding carboxylic acids is 1. The second-order valence-corrected chi connectivity index (χ2v) is 4.00. The van der Waals surface area contributed by atoms with Crippen LogP contribution in [-0.4, -0.2) is 17.5 Å². The van der Waals surface area contributed by atoms with Crippen LogP contribution >= 0.6 is 0 Å². The summed E-state index contributed by atoms with van der Waals surface area (Å²) >= 11 is 0. The first kappa shape index (κ1) is 13.0. The summed E-state index contributed by atoms with van der Waals surface area (Å²) in [5, 5.41) is 2.65. The number of hydrogen-bond donors (Lipinski definition) is 1. The number of hydrogen-bond acceptors (Lipinski definition) is 3. The second-order valence-electron chi connectivity index (χ2n) is 4.00. The van der Waals surface area contributed by atoms with Crippen LogP contribution in [0.2, 0.25) is 0 Å². The van der Waals surface area contributed by atoms with Crippen LogP contribution in [0.25, 0.3) is 0 Å². The molecule has 0 atom stereocenters. The molecule has 0 aliphatic heterocycles. The zero-order valence-corrected chi connectivity index (χ0v) is 10.4. The normalized spacial score (nSPS) is 10.0. The van der Waals surface area contributed by atoms with Crippen LogP contribution < -0.4 is 10.1 Å². The third-order valence-corrected chi connectivity index (χ3v) is 2.42. The first-order valence-electron chi connectivity index (χ1n) is 5.75. The first-order chi connectivity index (χ1) is 9.15. The van der Waals surface area contributed by atoms with Gasteiger partial charge in [-0.15, -0.1) is 0 Å². The van der Waals surface area contributed by atoms with Crippen LogP contribution in [0.5, 0.6) is 5.75 Å². The molecule has 0 bridgehead atoms. The van der Waals surface area contributed by atoms with Gasteiger partial charge in [0.2, 0.25) is 0 Å². The van der Waals surface area contributed by atoms with Gasteiger partial charge in [-0.1, -0.05) is 17.7 Å². The number of amides is 1. The lowest BCUT2D eigenvalue weighted by Gasteiger charge is -2.07. The van der Waals surface area contributed by atoms with E-state index in [0.717, 1.165) is 5.56 Å². The summed E-state index contributed by atoms with van der Waals surface area (Å²) in [6, 6.07) is 10.3. The molecule has 1 heterocycles. The van der Waals surface area contributed by atoms with Crippen molar-refractivity contribution in [2.24, 2.45) is 0 Å². The van der Waals surface area contributed by atoms with Crippen molar-refractivity contribution >= 4 is 11.6 Å². The third kappa shape index (κ3) is 3.77. The van der Waals surface area contributed by atoms with E-state index in [0.29, 0.717) is 5.69 Å². The average molecular weight is 260 g/mol. The number of aromatic nitrogens is 1. The maximum atomic E-state index is 13.1. The van der Waals surface area contributed by atoms with Gasteiger partial charge in [0.05, 0.1) is 0 Å². The summed E-state index contributed by atoms with van der Waals surface area (Å²) in [6.45, 7) is 1.69. The number of nitrogens with zero attached hydrogens (tertiary/aromatic N) is 1. The van der Waals surface area contributed by atoms with Crippen molar-refractivity contribution in [3.8, 4) is 5.75 Å². The summed E-state index contributed by atoms with van der Waals surface area (Å²) in [5.74, 6) is -1.13. The lowest BCUT2D eigenvalue weighted by atomic mass is 10.2. The molecule has 0 saturated carbocycles. The molecule has 0 aliphatic rings. The van der Waals surface area contributed by atoms with Crippen LogP contribution in [0, 0.1) is 12.9 Å². The zero-order valence-electron chi connectivity index (χ0n) is 10.4. The Labute approximate surface area is 110 Å². The van der Waals surface area contributed by atoms with Crippen molar-refractivity contribution in [2.75, 3.05) is 11.9 Å². The average Bonchev–Trinajstić information content (AvgIpc) is 2.40. The molecule has 1 N–H and O–H groups in total. The highest BCUT2D eigenvalue weighted by Gasteiger charge is 2.07. The Morgan fingerprint density at radius 3 is 2.74 bits per heavy atom. The van der Waals surface area contributed by atoms with Gasteiger partial charge in [0.25, 0.3) is 11.9 Å². The fourth-order valence-electron chi connectivity index (χ4n) is 1.46. The van der Waals surface area contributed by atoms with Crippen LogP contribution in [0.15, 0.2) is 42.6 Å². The Morgan fingerprint density at radius 1 is 1.32 bits per heavy atom. The van der Waals surface area contributed by atoms with Gasteiger partial charge in [0.1, 0.15) is 0 Å². The molecule has 1 amide bonds. The van der Waals surface area contributed by atoms with Crippen LogP contribution in [-0.2, 0) is 4.79 Å². The Hall–Kier alpha value is -2.43. The summed E-state index contributed by atoms with van der Waals surface area (Å²) in [7, 11) is 0. The number of aryl methyl sites for hydroxylation is 1. The van der Waals surface area contributed by atoms with Crippen molar-refractivity contribution in [2.45, 2.75) is 6.92 Å². The van der Waals surface area contributed by atoms with Gasteiger partial charge in [-0.25, -0.2) is 4.98 Å². The Morgan fingerprint density at radius 2 is 2.05 bits per heavy atom. The molecular weight excluding hydrogens is 247 g/mol. The van der Waals surface area contributed by atoms with Gasteiger partial charge in [-0.3, -0.25) is 4.79 Å². The highest BCUT2D eigenvalue weighted by Crippen LogP contribution is 2.13. The predicted molar refractivity (Wildman–Crippen MR) is 69.5 cm³/mol. The smallest absolute Gasteiger partial charge is 0.262 e. The molecule has 5 heteroatoms. The molecule has 98 valence electrons. The monoisotopic (exact) mass is 260 g/mol. The number of carbonyl (C=O) groups is 1. The number of nitrogens with one attached hydrogen (secondary N) is 1. The second kappa shape index (κ2) is 5.95. The third-order valence-electron chi connectivity index (χ3n) is 2.42. The highest BCUT2D eigenvalue weighted by atomic mass is 19.1. The molecule has 2 aromatic rings. The van der Waals surface area contributed by atoms with Gasteiger partial charge in [0, 0.05) is 11.9 Å². The lowest BCUT2D eigenvalue weighted by Crippen LogP contribution is -2.20. The number of rotatable bonds is 4. The Kier molecular flexibility index (Phi) is 4.07. The summed E-state index contributed by atoms with van der Waals surface area (Å²) < 4.78 is 18.2. The highest BCUT2D eigenvalue weighted by molar-refractivity contribution is 5.91. The largest absolute Gasteiger partial charge is 0.479 e. The molecule has 0 radical (unpaired) electrons. The maximum absolute atomic E-state index is 13.1. The molecule has 0 aliphatic carbocycles. The van der Waals surface area contributed by atoms with Gasteiger partial charge >= 0.3 is 0 Å². The van der Waals surface area contributed by atoms with Crippen LogP contribution in [0.4, 0.5) is 10.1 Å². The number of ether oxygens (including phenoxy) is 1. The summed E-state index contributed by atoms with van der Waals surface area (Å²) in [4.78, 5) is 15.0. The maximum Gasteiger partial charge on any atom is 0.262 e. The zero-order chi connectivity index (χ0) is 13.7. The molecule has 2 rings (SSSR count). The molecule has 19 heavy (non-hydrogen) atoms. The minimum absolute atomic E-state index is 0.0402. The fourth-order valence-corrected chi connectivity index (χ4v) is 1.46. The number of pyridine rings is 1. The van der Waals surface area contributed by atoms with E-state index in [1.165, 1.54) is 18.3 Å². The van der Waals surface area contributed by atoms with E-state index >= 15 is 0 Å². The van der Waals surface area contributed by atoms with Crippen molar-refractivity contribution < 1.29 is 13.9 Å². The van der Waals surface area contributed by atoms with E-state index in [2.05, 4.69) is 10.3 Å². The molecule has 0 saturated heterocycles. The minimum atomic E-state index is -0.731. The number of halogens is 1. The molecule has 0 unspecified atom stereocenters.